The highest BCUT2D eigenvalue weighted by molar-refractivity contribution is 8.76. The number of esters is 1. The van der Waals surface area contributed by atoms with Crippen LogP contribution >= 0.6 is 21.6 Å². The van der Waals surface area contributed by atoms with Gasteiger partial charge in [-0.15, -0.1) is 0 Å². The molecule has 0 saturated carbocycles. The molecule has 0 heterocycles. The zero-order valence-electron chi connectivity index (χ0n) is 17.3. The Bertz CT molecular complexity index is 336. The summed E-state index contributed by atoms with van der Waals surface area (Å²) in [6, 6.07) is 0. The molecule has 0 unspecified atom stereocenters. The average Bonchev–Trinajstić information content (AvgIpc) is 2.62. The van der Waals surface area contributed by atoms with Crippen LogP contribution in [0.1, 0.15) is 77.6 Å². The summed E-state index contributed by atoms with van der Waals surface area (Å²) in [6.07, 6.45) is 17.7. The van der Waals surface area contributed by atoms with Crippen molar-refractivity contribution in [2.24, 2.45) is 0 Å². The summed E-state index contributed by atoms with van der Waals surface area (Å²) in [5, 5.41) is 0. The molecular weight excluding hydrogens is 362 g/mol. The van der Waals surface area contributed by atoms with Crippen molar-refractivity contribution in [3.05, 3.63) is 12.2 Å². The monoisotopic (exact) mass is 403 g/mol. The van der Waals surface area contributed by atoms with Crippen LogP contribution in [0.4, 0.5) is 0 Å². The number of ether oxygens (including phenoxy) is 1. The molecule has 0 aliphatic heterocycles. The van der Waals surface area contributed by atoms with Crippen LogP contribution in [0.15, 0.2) is 12.2 Å². The van der Waals surface area contributed by atoms with Crippen molar-refractivity contribution < 1.29 is 9.53 Å². The molecule has 0 fully saturated rings. The quantitative estimate of drug-likeness (QED) is 0.109. The van der Waals surface area contributed by atoms with E-state index in [4.69, 9.17) is 4.74 Å². The molecular formula is C21H41NO2S2. The van der Waals surface area contributed by atoms with Crippen molar-refractivity contribution in [2.45, 2.75) is 77.6 Å². The van der Waals surface area contributed by atoms with Gasteiger partial charge in [0.1, 0.15) is 0 Å². The zero-order valence-corrected chi connectivity index (χ0v) is 19.0. The lowest BCUT2D eigenvalue weighted by Crippen LogP contribution is -2.16. The van der Waals surface area contributed by atoms with Gasteiger partial charge in [0, 0.05) is 24.5 Å². The lowest BCUT2D eigenvalue weighted by molar-refractivity contribution is -0.143. The summed E-state index contributed by atoms with van der Waals surface area (Å²) >= 11 is 0. The third-order valence-electron chi connectivity index (χ3n) is 3.96. The van der Waals surface area contributed by atoms with Crippen molar-refractivity contribution in [1.82, 2.24) is 4.90 Å². The van der Waals surface area contributed by atoms with E-state index in [2.05, 4.69) is 24.0 Å². The number of carbonyl (C=O) groups excluding carboxylic acids is 1. The highest BCUT2D eigenvalue weighted by Crippen LogP contribution is 2.23. The van der Waals surface area contributed by atoms with Gasteiger partial charge < -0.3 is 9.64 Å². The van der Waals surface area contributed by atoms with Crippen LogP contribution in [-0.4, -0.2) is 49.6 Å². The van der Waals surface area contributed by atoms with Crippen molar-refractivity contribution in [3.8, 4) is 0 Å². The minimum Gasteiger partial charge on any atom is -0.466 e. The van der Waals surface area contributed by atoms with Gasteiger partial charge in [0.2, 0.25) is 0 Å². The van der Waals surface area contributed by atoms with Crippen molar-refractivity contribution in [1.29, 1.82) is 0 Å². The van der Waals surface area contributed by atoms with E-state index >= 15 is 0 Å². The summed E-state index contributed by atoms with van der Waals surface area (Å²) in [4.78, 5) is 13.7. The lowest BCUT2D eigenvalue weighted by Gasteiger charge is -2.09. The van der Waals surface area contributed by atoms with Gasteiger partial charge in [-0.2, -0.15) is 0 Å². The van der Waals surface area contributed by atoms with Gasteiger partial charge in [-0.05, 0) is 46.2 Å². The topological polar surface area (TPSA) is 29.5 Å². The highest BCUT2D eigenvalue weighted by atomic mass is 33.1. The van der Waals surface area contributed by atoms with Crippen molar-refractivity contribution in [3.63, 3.8) is 0 Å². The van der Waals surface area contributed by atoms with Crippen molar-refractivity contribution >= 4 is 27.6 Å². The first-order valence-electron chi connectivity index (χ1n) is 10.4. The first kappa shape index (κ1) is 25.9. The number of rotatable bonds is 19. The van der Waals surface area contributed by atoms with Crippen LogP contribution in [0.2, 0.25) is 0 Å². The predicted octanol–water partition coefficient (Wildman–Crippen LogP) is 6.34. The number of unbranched alkanes of at least 4 members (excludes halogenated alkanes) is 6. The van der Waals surface area contributed by atoms with E-state index < -0.39 is 0 Å². The van der Waals surface area contributed by atoms with E-state index in [1.807, 2.05) is 35.7 Å². The molecule has 0 atom stereocenters. The van der Waals surface area contributed by atoms with Crippen LogP contribution in [0.3, 0.4) is 0 Å². The standard InChI is InChI=1S/C21H41NO2S2/c1-4-5-6-7-8-9-10-11-12-13-19-25-26-20-14-16-21(23)24-18-15-17-22(2)3/h11-12H,4-10,13-20H2,1-3H3/b12-11-. The van der Waals surface area contributed by atoms with E-state index in [0.29, 0.717) is 13.0 Å². The Hall–Kier alpha value is -0.130. The first-order chi connectivity index (χ1) is 12.7. The van der Waals surface area contributed by atoms with Gasteiger partial charge in [-0.25, -0.2) is 0 Å². The van der Waals surface area contributed by atoms with Gasteiger partial charge in [-0.3, -0.25) is 4.79 Å². The SMILES string of the molecule is CCCCCCCC/C=C\CCSSCCCC(=O)OCCCN(C)C. The fourth-order valence-corrected chi connectivity index (χ4v) is 4.51. The second-order valence-corrected chi connectivity index (χ2v) is 9.64. The Labute approximate surface area is 170 Å². The molecule has 0 aliphatic rings. The van der Waals surface area contributed by atoms with E-state index in [9.17, 15) is 4.79 Å². The van der Waals surface area contributed by atoms with Crippen LogP contribution in [0.5, 0.6) is 0 Å². The predicted molar refractivity (Wildman–Crippen MR) is 120 cm³/mol. The molecule has 26 heavy (non-hydrogen) atoms. The Morgan fingerprint density at radius 1 is 0.885 bits per heavy atom. The maximum absolute atomic E-state index is 11.6. The summed E-state index contributed by atoms with van der Waals surface area (Å²) in [7, 11) is 7.85. The Balaban J connectivity index is 3.21. The lowest BCUT2D eigenvalue weighted by atomic mass is 10.1. The van der Waals surface area contributed by atoms with Crippen LogP contribution in [-0.2, 0) is 9.53 Å². The normalized spacial score (nSPS) is 11.5. The summed E-state index contributed by atoms with van der Waals surface area (Å²) in [6.45, 7) is 3.78. The Morgan fingerprint density at radius 2 is 1.58 bits per heavy atom. The second kappa shape index (κ2) is 21.2. The second-order valence-electron chi connectivity index (χ2n) is 6.94. The maximum Gasteiger partial charge on any atom is 0.305 e. The number of nitrogens with zero attached hydrogens (tertiary/aromatic N) is 1. The zero-order chi connectivity index (χ0) is 19.3. The van der Waals surface area contributed by atoms with Gasteiger partial charge in [0.05, 0.1) is 6.61 Å². The van der Waals surface area contributed by atoms with Gasteiger partial charge in [0.25, 0.3) is 0 Å². The van der Waals surface area contributed by atoms with E-state index in [1.54, 1.807) is 0 Å². The summed E-state index contributed by atoms with van der Waals surface area (Å²) < 4.78 is 5.22. The van der Waals surface area contributed by atoms with Crippen LogP contribution in [0, 0.1) is 0 Å². The minimum absolute atomic E-state index is 0.0491. The molecule has 0 aromatic carbocycles. The summed E-state index contributed by atoms with van der Waals surface area (Å²) in [5.74, 6) is 2.14. The third kappa shape index (κ3) is 21.9. The minimum atomic E-state index is -0.0491. The summed E-state index contributed by atoms with van der Waals surface area (Å²) in [5.41, 5.74) is 0. The van der Waals surface area contributed by atoms with Crippen molar-refractivity contribution in [2.75, 3.05) is 38.8 Å². The molecule has 0 radical (unpaired) electrons. The molecule has 0 aromatic heterocycles. The molecule has 0 N–H and O–H groups in total. The molecule has 0 aromatic rings. The molecule has 154 valence electrons. The molecule has 0 rings (SSSR count). The number of carbonyl (C=O) groups is 1. The third-order valence-corrected chi connectivity index (χ3v) is 6.49. The highest BCUT2D eigenvalue weighted by Gasteiger charge is 2.02. The molecule has 0 amide bonds. The average molecular weight is 404 g/mol. The van der Waals surface area contributed by atoms with Gasteiger partial charge in [-0.1, -0.05) is 72.8 Å². The van der Waals surface area contributed by atoms with E-state index in [0.717, 1.165) is 37.3 Å². The van der Waals surface area contributed by atoms with Crippen LogP contribution < -0.4 is 0 Å². The Morgan fingerprint density at radius 3 is 2.35 bits per heavy atom. The smallest absolute Gasteiger partial charge is 0.305 e. The number of hydrogen-bond donors (Lipinski definition) is 0. The number of allylic oxidation sites excluding steroid dienone is 2. The largest absolute Gasteiger partial charge is 0.466 e. The Kier molecular flexibility index (Phi) is 21.1. The van der Waals surface area contributed by atoms with Gasteiger partial charge in [0.15, 0.2) is 0 Å². The fourth-order valence-electron chi connectivity index (χ4n) is 2.43. The fraction of sp³-hybridized carbons (Fsp3) is 0.857. The molecule has 5 heteroatoms. The molecule has 0 saturated heterocycles. The molecule has 0 bridgehead atoms. The first-order valence-corrected chi connectivity index (χ1v) is 12.9. The molecule has 0 spiro atoms. The van der Waals surface area contributed by atoms with Gasteiger partial charge >= 0.3 is 5.97 Å². The maximum atomic E-state index is 11.6. The molecule has 0 aliphatic carbocycles. The van der Waals surface area contributed by atoms with Crippen LogP contribution in [0.25, 0.3) is 0 Å². The number of hydrogen-bond acceptors (Lipinski definition) is 5. The molecule has 3 nitrogen and oxygen atoms in total. The van der Waals surface area contributed by atoms with E-state index in [1.165, 1.54) is 44.9 Å². The van der Waals surface area contributed by atoms with E-state index in [-0.39, 0.29) is 5.97 Å².